The molecule has 0 aliphatic carbocycles. The maximum absolute atomic E-state index is 5.72. The van der Waals surface area contributed by atoms with Crippen molar-refractivity contribution in [1.29, 1.82) is 0 Å². The van der Waals surface area contributed by atoms with Crippen LogP contribution in [-0.2, 0) is 13.1 Å². The lowest BCUT2D eigenvalue weighted by atomic mass is 10.1. The van der Waals surface area contributed by atoms with Gasteiger partial charge in [0.15, 0.2) is 0 Å². The van der Waals surface area contributed by atoms with Crippen molar-refractivity contribution < 1.29 is 0 Å². The van der Waals surface area contributed by atoms with Crippen molar-refractivity contribution in [3.05, 3.63) is 35.4 Å². The van der Waals surface area contributed by atoms with Crippen LogP contribution in [0.15, 0.2) is 24.3 Å². The first kappa shape index (κ1) is 12.2. The van der Waals surface area contributed by atoms with Crippen LogP contribution >= 0.6 is 0 Å². The summed E-state index contributed by atoms with van der Waals surface area (Å²) in [4.78, 5) is 2.37. The molecule has 84 valence electrons. The molecule has 2 heteroatoms. The van der Waals surface area contributed by atoms with Gasteiger partial charge in [0.05, 0.1) is 0 Å². The molecule has 15 heavy (non-hydrogen) atoms. The maximum Gasteiger partial charge on any atom is 0.0236 e. The Hall–Kier alpha value is -0.860. The summed E-state index contributed by atoms with van der Waals surface area (Å²) in [5.41, 5.74) is 8.32. The fraction of sp³-hybridized carbons (Fsp3) is 0.538. The Morgan fingerprint density at radius 2 is 1.87 bits per heavy atom. The molecule has 0 amide bonds. The molecule has 1 rings (SSSR count). The minimum Gasteiger partial charge on any atom is -0.326 e. The number of rotatable bonds is 5. The molecule has 0 radical (unpaired) electrons. The summed E-state index contributed by atoms with van der Waals surface area (Å²) in [6, 6.07) is 9.03. The summed E-state index contributed by atoms with van der Waals surface area (Å²) in [6.45, 7) is 6.09. The van der Waals surface area contributed by atoms with E-state index in [1.165, 1.54) is 17.5 Å². The summed E-state index contributed by atoms with van der Waals surface area (Å²) in [7, 11) is 2.17. The van der Waals surface area contributed by atoms with Crippen LogP contribution < -0.4 is 5.73 Å². The summed E-state index contributed by atoms with van der Waals surface area (Å²) in [6.07, 6.45) is 1.18. The van der Waals surface area contributed by atoms with E-state index in [0.717, 1.165) is 6.54 Å². The number of benzene rings is 1. The first-order valence-corrected chi connectivity index (χ1v) is 5.66. The van der Waals surface area contributed by atoms with Crippen molar-refractivity contribution in [2.24, 2.45) is 5.73 Å². The fourth-order valence-corrected chi connectivity index (χ4v) is 1.65. The number of hydrogen-bond acceptors (Lipinski definition) is 2. The third kappa shape index (κ3) is 3.33. The SMILES string of the molecule is CCC(C)N(C)Cc1ccccc1CN. The van der Waals surface area contributed by atoms with Crippen LogP contribution in [0.5, 0.6) is 0 Å². The molecule has 2 N–H and O–H groups in total. The lowest BCUT2D eigenvalue weighted by molar-refractivity contribution is 0.243. The maximum atomic E-state index is 5.72. The van der Waals surface area contributed by atoms with Crippen molar-refractivity contribution in [3.63, 3.8) is 0 Å². The van der Waals surface area contributed by atoms with E-state index in [0.29, 0.717) is 12.6 Å². The molecule has 0 fully saturated rings. The van der Waals surface area contributed by atoms with Gasteiger partial charge in [-0.15, -0.1) is 0 Å². The molecule has 0 bridgehead atoms. The van der Waals surface area contributed by atoms with E-state index in [1.807, 2.05) is 0 Å². The smallest absolute Gasteiger partial charge is 0.0236 e. The summed E-state index contributed by atoms with van der Waals surface area (Å²) in [5, 5.41) is 0. The van der Waals surface area contributed by atoms with E-state index < -0.39 is 0 Å². The van der Waals surface area contributed by atoms with Crippen LogP contribution in [-0.4, -0.2) is 18.0 Å². The highest BCUT2D eigenvalue weighted by molar-refractivity contribution is 5.26. The molecule has 0 saturated heterocycles. The second kappa shape index (κ2) is 5.89. The van der Waals surface area contributed by atoms with E-state index in [-0.39, 0.29) is 0 Å². The minimum atomic E-state index is 0.621. The fourth-order valence-electron chi connectivity index (χ4n) is 1.65. The molecule has 1 unspecified atom stereocenters. The Morgan fingerprint density at radius 1 is 1.27 bits per heavy atom. The highest BCUT2D eigenvalue weighted by Crippen LogP contribution is 2.12. The molecule has 1 aromatic carbocycles. The Labute approximate surface area is 93.1 Å². The molecular formula is C13H22N2. The van der Waals surface area contributed by atoms with Crippen molar-refractivity contribution in [2.45, 2.75) is 39.4 Å². The average Bonchev–Trinajstić information content (AvgIpc) is 2.28. The minimum absolute atomic E-state index is 0.621. The van der Waals surface area contributed by atoms with Gasteiger partial charge >= 0.3 is 0 Å². The van der Waals surface area contributed by atoms with Crippen LogP contribution in [0.2, 0.25) is 0 Å². The first-order valence-electron chi connectivity index (χ1n) is 5.66. The Balaban J connectivity index is 2.71. The van der Waals surface area contributed by atoms with Crippen LogP contribution in [0.1, 0.15) is 31.4 Å². The summed E-state index contributed by atoms with van der Waals surface area (Å²) in [5.74, 6) is 0. The zero-order valence-electron chi connectivity index (χ0n) is 10.0. The zero-order chi connectivity index (χ0) is 11.3. The van der Waals surface area contributed by atoms with Crippen LogP contribution in [0.3, 0.4) is 0 Å². The largest absolute Gasteiger partial charge is 0.326 e. The Kier molecular flexibility index (Phi) is 4.79. The van der Waals surface area contributed by atoms with Gasteiger partial charge in [0.2, 0.25) is 0 Å². The molecule has 1 aromatic rings. The predicted octanol–water partition coefficient (Wildman–Crippen LogP) is 2.38. The topological polar surface area (TPSA) is 29.3 Å². The predicted molar refractivity (Wildman–Crippen MR) is 65.6 cm³/mol. The van der Waals surface area contributed by atoms with Gasteiger partial charge in [0.1, 0.15) is 0 Å². The highest BCUT2D eigenvalue weighted by Gasteiger charge is 2.08. The van der Waals surface area contributed by atoms with E-state index in [4.69, 9.17) is 5.73 Å². The second-order valence-corrected chi connectivity index (χ2v) is 4.15. The molecule has 1 atom stereocenters. The molecule has 0 saturated carbocycles. The molecule has 0 aliphatic heterocycles. The van der Waals surface area contributed by atoms with Gasteiger partial charge in [-0.05, 0) is 31.5 Å². The van der Waals surface area contributed by atoms with Gasteiger partial charge in [-0.25, -0.2) is 0 Å². The second-order valence-electron chi connectivity index (χ2n) is 4.15. The third-order valence-corrected chi connectivity index (χ3v) is 3.10. The van der Waals surface area contributed by atoms with E-state index in [9.17, 15) is 0 Å². The zero-order valence-corrected chi connectivity index (χ0v) is 10.0. The van der Waals surface area contributed by atoms with Crippen LogP contribution in [0.4, 0.5) is 0 Å². The molecule has 2 nitrogen and oxygen atoms in total. The van der Waals surface area contributed by atoms with Crippen LogP contribution in [0, 0.1) is 0 Å². The van der Waals surface area contributed by atoms with Gasteiger partial charge in [-0.3, -0.25) is 4.90 Å². The molecule has 0 aliphatic rings. The summed E-state index contributed by atoms with van der Waals surface area (Å²) < 4.78 is 0. The average molecular weight is 206 g/mol. The van der Waals surface area contributed by atoms with Crippen molar-refractivity contribution in [1.82, 2.24) is 4.90 Å². The Morgan fingerprint density at radius 3 is 2.40 bits per heavy atom. The lowest BCUT2D eigenvalue weighted by Gasteiger charge is -2.24. The molecule has 0 spiro atoms. The first-order chi connectivity index (χ1) is 7.19. The summed E-state index contributed by atoms with van der Waals surface area (Å²) >= 11 is 0. The van der Waals surface area contributed by atoms with E-state index >= 15 is 0 Å². The third-order valence-electron chi connectivity index (χ3n) is 3.10. The number of nitrogens with zero attached hydrogens (tertiary/aromatic N) is 1. The van der Waals surface area contributed by atoms with Crippen molar-refractivity contribution in [3.8, 4) is 0 Å². The van der Waals surface area contributed by atoms with Gasteiger partial charge in [0.25, 0.3) is 0 Å². The quantitative estimate of drug-likeness (QED) is 0.801. The van der Waals surface area contributed by atoms with Crippen molar-refractivity contribution >= 4 is 0 Å². The van der Waals surface area contributed by atoms with Gasteiger partial charge in [-0.2, -0.15) is 0 Å². The highest BCUT2D eigenvalue weighted by atomic mass is 15.1. The van der Waals surface area contributed by atoms with Crippen molar-refractivity contribution in [2.75, 3.05) is 7.05 Å². The van der Waals surface area contributed by atoms with E-state index in [1.54, 1.807) is 0 Å². The van der Waals surface area contributed by atoms with Gasteiger partial charge in [-0.1, -0.05) is 31.2 Å². The standard InChI is InChI=1S/C13H22N2/c1-4-11(2)15(3)10-13-8-6-5-7-12(13)9-14/h5-8,11H,4,9-10,14H2,1-3H3. The molecular weight excluding hydrogens is 184 g/mol. The Bertz CT molecular complexity index is 296. The number of nitrogens with two attached hydrogens (primary N) is 1. The molecule has 0 aromatic heterocycles. The monoisotopic (exact) mass is 206 g/mol. The van der Waals surface area contributed by atoms with Gasteiger partial charge < -0.3 is 5.73 Å². The number of hydrogen-bond donors (Lipinski definition) is 1. The van der Waals surface area contributed by atoms with Crippen LogP contribution in [0.25, 0.3) is 0 Å². The normalized spacial score (nSPS) is 13.1. The van der Waals surface area contributed by atoms with E-state index in [2.05, 4.69) is 50.1 Å². The lowest BCUT2D eigenvalue weighted by Crippen LogP contribution is -2.28. The molecule has 0 heterocycles. The van der Waals surface area contributed by atoms with Gasteiger partial charge in [0, 0.05) is 19.1 Å².